The van der Waals surface area contributed by atoms with E-state index in [9.17, 15) is 0 Å². The molecule has 0 atom stereocenters. The van der Waals surface area contributed by atoms with E-state index in [2.05, 4.69) is 26.0 Å². The molecule has 0 amide bonds. The fourth-order valence-electron chi connectivity index (χ4n) is 2.81. The molecule has 0 radical (unpaired) electrons. The molecule has 2 aromatic carbocycles. The second-order valence-corrected chi connectivity index (χ2v) is 5.97. The van der Waals surface area contributed by atoms with Crippen molar-refractivity contribution >= 4 is 0 Å². The lowest BCUT2D eigenvalue weighted by atomic mass is 9.88. The van der Waals surface area contributed by atoms with Crippen LogP contribution in [0.3, 0.4) is 0 Å². The van der Waals surface area contributed by atoms with E-state index in [0.29, 0.717) is 6.54 Å². The highest BCUT2D eigenvalue weighted by atomic mass is 16.7. The molecule has 0 spiro atoms. The van der Waals surface area contributed by atoms with Gasteiger partial charge in [-0.3, -0.25) is 0 Å². The Morgan fingerprint density at radius 2 is 1.24 bits per heavy atom. The molecule has 0 aliphatic rings. The molecule has 2 rings (SSSR count). The van der Waals surface area contributed by atoms with Gasteiger partial charge in [-0.1, -0.05) is 35.4 Å². The van der Waals surface area contributed by atoms with E-state index in [1.54, 1.807) is 14.2 Å². The Hall–Kier alpha value is -2.08. The Bertz CT molecular complexity index is 630. The summed E-state index contributed by atoms with van der Waals surface area (Å²) in [5, 5.41) is 0. The average Bonchev–Trinajstić information content (AvgIpc) is 2.61. The second kappa shape index (κ2) is 9.42. The van der Waals surface area contributed by atoms with Gasteiger partial charge in [0.2, 0.25) is 0 Å². The molecule has 5 heteroatoms. The normalized spacial score (nSPS) is 11.0. The SMILES string of the molecule is COCOc1ccc(C)cc1C(CN)c1cc(C)ccc1OCOC. The molecule has 2 aromatic rings. The number of methoxy groups -OCH3 is 2. The van der Waals surface area contributed by atoms with E-state index in [-0.39, 0.29) is 19.5 Å². The van der Waals surface area contributed by atoms with E-state index in [1.807, 2.05) is 24.3 Å². The third-order valence-corrected chi connectivity index (χ3v) is 3.98. The standard InChI is InChI=1S/C20H27NO4/c1-14-5-7-19(24-12-22-3)16(9-14)18(11-21)17-10-15(2)6-8-20(17)25-13-23-4/h5-10,18H,11-13,21H2,1-4H3. The van der Waals surface area contributed by atoms with Gasteiger partial charge < -0.3 is 24.7 Å². The molecular formula is C20H27NO4. The molecule has 136 valence electrons. The minimum Gasteiger partial charge on any atom is -0.467 e. The lowest BCUT2D eigenvalue weighted by Gasteiger charge is -2.23. The molecule has 2 N–H and O–H groups in total. The van der Waals surface area contributed by atoms with Gasteiger partial charge in [-0.15, -0.1) is 0 Å². The van der Waals surface area contributed by atoms with Gasteiger partial charge in [-0.25, -0.2) is 0 Å². The summed E-state index contributed by atoms with van der Waals surface area (Å²) < 4.78 is 21.6. The summed E-state index contributed by atoms with van der Waals surface area (Å²) in [5.74, 6) is 1.47. The van der Waals surface area contributed by atoms with Crippen LogP contribution in [-0.2, 0) is 9.47 Å². The molecule has 0 aliphatic heterocycles. The van der Waals surface area contributed by atoms with Gasteiger partial charge in [0, 0.05) is 37.8 Å². The van der Waals surface area contributed by atoms with Crippen LogP contribution in [0.4, 0.5) is 0 Å². The quantitative estimate of drug-likeness (QED) is 0.706. The van der Waals surface area contributed by atoms with Crippen molar-refractivity contribution in [1.82, 2.24) is 0 Å². The van der Waals surface area contributed by atoms with Crippen molar-refractivity contribution in [2.24, 2.45) is 5.73 Å². The summed E-state index contributed by atoms with van der Waals surface area (Å²) in [4.78, 5) is 0. The summed E-state index contributed by atoms with van der Waals surface area (Å²) in [6.07, 6.45) is 0. The van der Waals surface area contributed by atoms with Crippen molar-refractivity contribution in [3.05, 3.63) is 58.7 Å². The zero-order valence-corrected chi connectivity index (χ0v) is 15.4. The predicted molar refractivity (Wildman–Crippen MR) is 98.3 cm³/mol. The topological polar surface area (TPSA) is 62.9 Å². The van der Waals surface area contributed by atoms with E-state index in [4.69, 9.17) is 24.7 Å². The first-order valence-electron chi connectivity index (χ1n) is 8.25. The van der Waals surface area contributed by atoms with Crippen molar-refractivity contribution < 1.29 is 18.9 Å². The zero-order chi connectivity index (χ0) is 18.2. The number of aryl methyl sites for hydroxylation is 2. The Morgan fingerprint density at radius 3 is 1.60 bits per heavy atom. The molecule has 5 nitrogen and oxygen atoms in total. The lowest BCUT2D eigenvalue weighted by molar-refractivity contribution is 0.0493. The van der Waals surface area contributed by atoms with E-state index in [1.165, 1.54) is 0 Å². The number of rotatable bonds is 9. The van der Waals surface area contributed by atoms with Crippen molar-refractivity contribution in [2.45, 2.75) is 19.8 Å². The Labute approximate surface area is 149 Å². The van der Waals surface area contributed by atoms with Gasteiger partial charge in [-0.05, 0) is 26.0 Å². The molecule has 0 unspecified atom stereocenters. The number of hydrogen-bond acceptors (Lipinski definition) is 5. The Morgan fingerprint density at radius 1 is 0.800 bits per heavy atom. The van der Waals surface area contributed by atoms with E-state index < -0.39 is 0 Å². The van der Waals surface area contributed by atoms with Crippen LogP contribution in [-0.4, -0.2) is 34.4 Å². The van der Waals surface area contributed by atoms with E-state index >= 15 is 0 Å². The monoisotopic (exact) mass is 345 g/mol. The summed E-state index contributed by atoms with van der Waals surface area (Å²) in [5.41, 5.74) is 10.5. The molecule has 0 fully saturated rings. The maximum atomic E-state index is 6.16. The summed E-state index contributed by atoms with van der Waals surface area (Å²) >= 11 is 0. The molecule has 0 heterocycles. The van der Waals surface area contributed by atoms with Gasteiger partial charge in [-0.2, -0.15) is 0 Å². The van der Waals surface area contributed by atoms with E-state index in [0.717, 1.165) is 33.8 Å². The van der Waals surface area contributed by atoms with Crippen LogP contribution in [0.25, 0.3) is 0 Å². The van der Waals surface area contributed by atoms with Gasteiger partial charge in [0.05, 0.1) is 0 Å². The average molecular weight is 345 g/mol. The molecule has 0 aromatic heterocycles. The highest BCUT2D eigenvalue weighted by molar-refractivity contribution is 5.49. The first kappa shape index (κ1) is 19.2. The van der Waals surface area contributed by atoms with Gasteiger partial charge in [0.15, 0.2) is 13.6 Å². The largest absolute Gasteiger partial charge is 0.467 e. The third kappa shape index (κ3) is 4.95. The van der Waals surface area contributed by atoms with Crippen LogP contribution in [0, 0.1) is 13.8 Å². The summed E-state index contributed by atoms with van der Waals surface area (Å²) in [6.45, 7) is 4.91. The number of nitrogens with two attached hydrogens (primary N) is 1. The van der Waals surface area contributed by atoms with Gasteiger partial charge >= 0.3 is 0 Å². The predicted octanol–water partition coefficient (Wildman–Crippen LogP) is 3.36. The first-order chi connectivity index (χ1) is 12.1. The summed E-state index contributed by atoms with van der Waals surface area (Å²) in [6, 6.07) is 12.1. The van der Waals surface area contributed by atoms with Crippen LogP contribution in [0.1, 0.15) is 28.2 Å². The Kier molecular flexibility index (Phi) is 7.25. The molecule has 25 heavy (non-hydrogen) atoms. The highest BCUT2D eigenvalue weighted by Gasteiger charge is 2.21. The maximum absolute atomic E-state index is 6.16. The number of hydrogen-bond donors (Lipinski definition) is 1. The zero-order valence-electron chi connectivity index (χ0n) is 15.4. The van der Waals surface area contributed by atoms with Crippen LogP contribution in [0.5, 0.6) is 11.5 Å². The van der Waals surface area contributed by atoms with Crippen LogP contribution < -0.4 is 15.2 Å². The number of ether oxygens (including phenoxy) is 4. The van der Waals surface area contributed by atoms with Crippen LogP contribution in [0.2, 0.25) is 0 Å². The first-order valence-corrected chi connectivity index (χ1v) is 8.25. The molecule has 0 saturated heterocycles. The van der Waals surface area contributed by atoms with Crippen molar-refractivity contribution in [3.8, 4) is 11.5 Å². The fourth-order valence-corrected chi connectivity index (χ4v) is 2.81. The van der Waals surface area contributed by atoms with Gasteiger partial charge in [0.25, 0.3) is 0 Å². The molecular weight excluding hydrogens is 318 g/mol. The smallest absolute Gasteiger partial charge is 0.188 e. The van der Waals surface area contributed by atoms with Crippen LogP contribution in [0.15, 0.2) is 36.4 Å². The molecule has 0 bridgehead atoms. The molecule has 0 saturated carbocycles. The Balaban J connectivity index is 2.49. The number of benzene rings is 2. The third-order valence-electron chi connectivity index (χ3n) is 3.98. The maximum Gasteiger partial charge on any atom is 0.188 e. The van der Waals surface area contributed by atoms with Crippen molar-refractivity contribution in [1.29, 1.82) is 0 Å². The lowest BCUT2D eigenvalue weighted by Crippen LogP contribution is -2.17. The van der Waals surface area contributed by atoms with Crippen LogP contribution >= 0.6 is 0 Å². The fraction of sp³-hybridized carbons (Fsp3) is 0.400. The minimum atomic E-state index is -0.0569. The van der Waals surface area contributed by atoms with Crippen molar-refractivity contribution in [3.63, 3.8) is 0 Å². The van der Waals surface area contributed by atoms with Crippen molar-refractivity contribution in [2.75, 3.05) is 34.4 Å². The highest BCUT2D eigenvalue weighted by Crippen LogP contribution is 2.37. The van der Waals surface area contributed by atoms with Gasteiger partial charge in [0.1, 0.15) is 11.5 Å². The minimum absolute atomic E-state index is 0.0569. The molecule has 0 aliphatic carbocycles. The second-order valence-electron chi connectivity index (χ2n) is 5.97. The summed E-state index contributed by atoms with van der Waals surface area (Å²) in [7, 11) is 3.21.